The Kier molecular flexibility index (Phi) is 2.38. The van der Waals surface area contributed by atoms with E-state index in [0.717, 1.165) is 19.3 Å². The Morgan fingerprint density at radius 3 is 2.78 bits per heavy atom. The standard InChI is InChI=1S/C13H14N2O3/c16-8-13(5-3-6-13)12-14-10(11(17)18)9-4-1-2-7-15(9)12/h1-2,4,7,16H,3,5-6,8H2,(H,17,18). The Balaban J connectivity index is 2.27. The fourth-order valence-electron chi connectivity index (χ4n) is 2.63. The van der Waals surface area contributed by atoms with E-state index >= 15 is 0 Å². The topological polar surface area (TPSA) is 74.8 Å². The highest BCUT2D eigenvalue weighted by molar-refractivity contribution is 5.93. The van der Waals surface area contributed by atoms with Gasteiger partial charge in [0.05, 0.1) is 17.5 Å². The van der Waals surface area contributed by atoms with E-state index in [9.17, 15) is 15.0 Å². The summed E-state index contributed by atoms with van der Waals surface area (Å²) in [6.45, 7) is 0.0140. The number of aliphatic hydroxyl groups excluding tert-OH is 1. The van der Waals surface area contributed by atoms with Crippen LogP contribution in [-0.2, 0) is 5.41 Å². The maximum absolute atomic E-state index is 11.2. The van der Waals surface area contributed by atoms with Crippen LogP contribution in [0.5, 0.6) is 0 Å². The molecule has 18 heavy (non-hydrogen) atoms. The van der Waals surface area contributed by atoms with E-state index in [-0.39, 0.29) is 17.7 Å². The molecule has 0 atom stereocenters. The molecule has 1 aliphatic carbocycles. The van der Waals surface area contributed by atoms with Crippen LogP contribution in [0.3, 0.4) is 0 Å². The van der Waals surface area contributed by atoms with Gasteiger partial charge in [-0.1, -0.05) is 12.5 Å². The summed E-state index contributed by atoms with van der Waals surface area (Å²) in [4.78, 5) is 15.5. The Morgan fingerprint density at radius 1 is 1.44 bits per heavy atom. The molecule has 94 valence electrons. The monoisotopic (exact) mass is 246 g/mol. The first kappa shape index (κ1) is 11.2. The minimum atomic E-state index is -1.03. The summed E-state index contributed by atoms with van der Waals surface area (Å²) in [6, 6.07) is 5.37. The van der Waals surface area contributed by atoms with Crippen LogP contribution >= 0.6 is 0 Å². The predicted molar refractivity (Wildman–Crippen MR) is 64.8 cm³/mol. The van der Waals surface area contributed by atoms with Gasteiger partial charge in [0, 0.05) is 6.20 Å². The third-order valence-corrected chi connectivity index (χ3v) is 3.84. The van der Waals surface area contributed by atoms with Crippen molar-refractivity contribution in [3.8, 4) is 0 Å². The highest BCUT2D eigenvalue weighted by Gasteiger charge is 2.42. The quantitative estimate of drug-likeness (QED) is 0.859. The number of aromatic carboxylic acids is 1. The van der Waals surface area contributed by atoms with E-state index in [4.69, 9.17) is 0 Å². The van der Waals surface area contributed by atoms with Crippen LogP contribution in [0, 0.1) is 0 Å². The molecule has 0 spiro atoms. The SMILES string of the molecule is O=C(O)c1nc(C2(CO)CCC2)n2ccccc12. The van der Waals surface area contributed by atoms with Crippen molar-refractivity contribution < 1.29 is 15.0 Å². The van der Waals surface area contributed by atoms with Gasteiger partial charge in [-0.3, -0.25) is 0 Å². The molecule has 0 unspecified atom stereocenters. The second-order valence-corrected chi connectivity index (χ2v) is 4.84. The molecule has 0 saturated heterocycles. The van der Waals surface area contributed by atoms with Crippen LogP contribution < -0.4 is 0 Å². The third-order valence-electron chi connectivity index (χ3n) is 3.84. The van der Waals surface area contributed by atoms with Crippen LogP contribution in [-0.4, -0.2) is 32.2 Å². The lowest BCUT2D eigenvalue weighted by Crippen LogP contribution is -2.39. The highest BCUT2D eigenvalue weighted by Crippen LogP contribution is 2.43. The number of hydrogen-bond acceptors (Lipinski definition) is 3. The zero-order chi connectivity index (χ0) is 12.8. The van der Waals surface area contributed by atoms with Crippen molar-refractivity contribution in [1.29, 1.82) is 0 Å². The second kappa shape index (κ2) is 3.81. The zero-order valence-corrected chi connectivity index (χ0v) is 9.83. The lowest BCUT2D eigenvalue weighted by atomic mass is 9.69. The molecule has 5 nitrogen and oxygen atoms in total. The average molecular weight is 246 g/mol. The first-order valence-electron chi connectivity index (χ1n) is 6.00. The molecular formula is C13H14N2O3. The van der Waals surface area contributed by atoms with E-state index in [1.54, 1.807) is 22.7 Å². The number of rotatable bonds is 3. The smallest absolute Gasteiger partial charge is 0.356 e. The molecule has 0 bridgehead atoms. The zero-order valence-electron chi connectivity index (χ0n) is 9.83. The van der Waals surface area contributed by atoms with Gasteiger partial charge in [0.15, 0.2) is 5.69 Å². The molecule has 0 aliphatic heterocycles. The van der Waals surface area contributed by atoms with Crippen LogP contribution in [0.25, 0.3) is 5.52 Å². The number of aromatic nitrogens is 2. The third kappa shape index (κ3) is 1.37. The molecular weight excluding hydrogens is 232 g/mol. The molecule has 5 heteroatoms. The van der Waals surface area contributed by atoms with E-state index in [0.29, 0.717) is 11.3 Å². The van der Waals surface area contributed by atoms with E-state index in [1.165, 1.54) is 0 Å². The van der Waals surface area contributed by atoms with E-state index in [2.05, 4.69) is 4.98 Å². The van der Waals surface area contributed by atoms with Gasteiger partial charge in [-0.15, -0.1) is 0 Å². The fourth-order valence-corrected chi connectivity index (χ4v) is 2.63. The van der Waals surface area contributed by atoms with Gasteiger partial charge in [0.1, 0.15) is 5.82 Å². The Hall–Kier alpha value is -1.88. The van der Waals surface area contributed by atoms with E-state index < -0.39 is 5.97 Å². The number of carboxylic acid groups (broad SMARTS) is 1. The molecule has 2 N–H and O–H groups in total. The van der Waals surface area contributed by atoms with Crippen LogP contribution in [0.4, 0.5) is 0 Å². The molecule has 0 radical (unpaired) electrons. The van der Waals surface area contributed by atoms with Crippen molar-refractivity contribution in [3.63, 3.8) is 0 Å². The van der Waals surface area contributed by atoms with Crippen molar-refractivity contribution in [1.82, 2.24) is 9.38 Å². The van der Waals surface area contributed by atoms with Gasteiger partial charge < -0.3 is 14.6 Å². The van der Waals surface area contributed by atoms with Crippen molar-refractivity contribution in [2.24, 2.45) is 0 Å². The molecule has 2 aromatic heterocycles. The number of imidazole rings is 1. The summed E-state index contributed by atoms with van der Waals surface area (Å²) < 4.78 is 1.79. The van der Waals surface area contributed by atoms with Gasteiger partial charge in [0.25, 0.3) is 0 Å². The minimum Gasteiger partial charge on any atom is -0.476 e. The van der Waals surface area contributed by atoms with Crippen LogP contribution in [0.1, 0.15) is 35.6 Å². The lowest BCUT2D eigenvalue weighted by molar-refractivity contribution is 0.0691. The molecule has 0 aromatic carbocycles. The van der Waals surface area contributed by atoms with Crippen LogP contribution in [0.15, 0.2) is 24.4 Å². The maximum Gasteiger partial charge on any atom is 0.356 e. The van der Waals surface area contributed by atoms with Gasteiger partial charge in [-0.05, 0) is 25.0 Å². The molecule has 2 aromatic rings. The highest BCUT2D eigenvalue weighted by atomic mass is 16.4. The Bertz CT molecular complexity index is 608. The summed E-state index contributed by atoms with van der Waals surface area (Å²) in [6.07, 6.45) is 4.57. The first-order valence-corrected chi connectivity index (χ1v) is 6.00. The van der Waals surface area contributed by atoms with Crippen molar-refractivity contribution in [2.75, 3.05) is 6.61 Å². The van der Waals surface area contributed by atoms with Crippen molar-refractivity contribution in [3.05, 3.63) is 35.9 Å². The number of fused-ring (bicyclic) bond motifs is 1. The average Bonchev–Trinajstić information content (AvgIpc) is 2.69. The molecule has 1 fully saturated rings. The summed E-state index contributed by atoms with van der Waals surface area (Å²) in [7, 11) is 0. The van der Waals surface area contributed by atoms with Crippen LogP contribution in [0.2, 0.25) is 0 Å². The van der Waals surface area contributed by atoms with E-state index in [1.807, 2.05) is 6.07 Å². The molecule has 0 amide bonds. The van der Waals surface area contributed by atoms with Gasteiger partial charge in [0.2, 0.25) is 0 Å². The normalized spacial score (nSPS) is 17.6. The summed E-state index contributed by atoms with van der Waals surface area (Å²) in [5.74, 6) is -0.360. The fraction of sp³-hybridized carbons (Fsp3) is 0.385. The number of carbonyl (C=O) groups is 1. The summed E-state index contributed by atoms with van der Waals surface area (Å²) >= 11 is 0. The first-order chi connectivity index (χ1) is 8.68. The molecule has 1 saturated carbocycles. The summed E-state index contributed by atoms with van der Waals surface area (Å²) in [5, 5.41) is 18.8. The molecule has 1 aliphatic rings. The van der Waals surface area contributed by atoms with Crippen molar-refractivity contribution in [2.45, 2.75) is 24.7 Å². The number of nitrogens with zero attached hydrogens (tertiary/aromatic N) is 2. The number of carboxylic acids is 1. The lowest BCUT2D eigenvalue weighted by Gasteiger charge is -2.38. The number of hydrogen-bond donors (Lipinski definition) is 2. The Labute approximate surface area is 104 Å². The van der Waals surface area contributed by atoms with Crippen molar-refractivity contribution >= 4 is 11.5 Å². The van der Waals surface area contributed by atoms with Gasteiger partial charge >= 0.3 is 5.97 Å². The second-order valence-electron chi connectivity index (χ2n) is 4.84. The summed E-state index contributed by atoms with van der Waals surface area (Å²) in [5.41, 5.74) is 0.280. The molecule has 3 rings (SSSR count). The van der Waals surface area contributed by atoms with Gasteiger partial charge in [-0.2, -0.15) is 0 Å². The largest absolute Gasteiger partial charge is 0.476 e. The van der Waals surface area contributed by atoms with Gasteiger partial charge in [-0.25, -0.2) is 9.78 Å². The number of aliphatic hydroxyl groups is 1. The predicted octanol–water partition coefficient (Wildman–Crippen LogP) is 1.45. The minimum absolute atomic E-state index is 0.0140. The number of pyridine rings is 1. The Morgan fingerprint density at radius 2 is 2.22 bits per heavy atom. The molecule has 2 heterocycles. The maximum atomic E-state index is 11.2.